The van der Waals surface area contributed by atoms with Crippen molar-refractivity contribution in [1.82, 2.24) is 25.0 Å². The molecule has 1 amide bonds. The van der Waals surface area contributed by atoms with Gasteiger partial charge in [0.15, 0.2) is 5.82 Å². The molecule has 8 heteroatoms. The third-order valence-corrected chi connectivity index (χ3v) is 3.41. The molecule has 124 valence electrons. The number of hydrogen-bond acceptors (Lipinski definition) is 5. The quantitative estimate of drug-likeness (QED) is 0.777. The lowest BCUT2D eigenvalue weighted by atomic mass is 10.2. The first-order chi connectivity index (χ1) is 11.5. The van der Waals surface area contributed by atoms with Gasteiger partial charge >= 0.3 is 0 Å². The summed E-state index contributed by atoms with van der Waals surface area (Å²) in [5.74, 6) is -0.464. The van der Waals surface area contributed by atoms with E-state index in [1.165, 1.54) is 6.07 Å². The van der Waals surface area contributed by atoms with Gasteiger partial charge in [0.2, 0.25) is 0 Å². The molecule has 0 saturated carbocycles. The molecule has 3 rings (SSSR count). The van der Waals surface area contributed by atoms with Gasteiger partial charge in [0.1, 0.15) is 11.5 Å². The van der Waals surface area contributed by atoms with Crippen molar-refractivity contribution in [2.75, 3.05) is 0 Å². The number of aromatic nitrogens is 4. The third-order valence-electron chi connectivity index (χ3n) is 3.41. The van der Waals surface area contributed by atoms with E-state index in [1.807, 2.05) is 18.4 Å². The summed E-state index contributed by atoms with van der Waals surface area (Å²) in [5, 5.41) is 6.39. The van der Waals surface area contributed by atoms with Crippen molar-refractivity contribution in [2.45, 2.75) is 26.4 Å². The van der Waals surface area contributed by atoms with E-state index in [9.17, 15) is 9.18 Å². The van der Waals surface area contributed by atoms with Crippen molar-refractivity contribution in [3.63, 3.8) is 0 Å². The summed E-state index contributed by atoms with van der Waals surface area (Å²) in [6.45, 7) is 4.05. The van der Waals surface area contributed by atoms with E-state index in [4.69, 9.17) is 4.52 Å². The number of nitrogens with zero attached hydrogens (tertiary/aromatic N) is 4. The highest BCUT2D eigenvalue weighted by atomic mass is 19.1. The van der Waals surface area contributed by atoms with E-state index in [-0.39, 0.29) is 35.8 Å². The van der Waals surface area contributed by atoms with Crippen LogP contribution in [0.5, 0.6) is 0 Å². The van der Waals surface area contributed by atoms with E-state index in [0.29, 0.717) is 5.69 Å². The predicted molar refractivity (Wildman–Crippen MR) is 83.5 cm³/mol. The van der Waals surface area contributed by atoms with Crippen molar-refractivity contribution >= 4 is 5.91 Å². The molecule has 0 aliphatic carbocycles. The first-order valence-electron chi connectivity index (χ1n) is 7.43. The summed E-state index contributed by atoms with van der Waals surface area (Å²) in [6.07, 6.45) is 3.27. The second-order valence-electron chi connectivity index (χ2n) is 5.48. The standard InChI is InChI=1S/C16H16FN5O2/c1-10(2)22-8-13(19-9-22)15(23)18-7-14-20-16(24-21-14)11-5-3-4-6-12(11)17/h3-6,8-10H,7H2,1-2H3,(H,18,23). The topological polar surface area (TPSA) is 85.8 Å². The molecule has 0 radical (unpaired) electrons. The molecule has 0 fully saturated rings. The minimum Gasteiger partial charge on any atom is -0.343 e. The average molecular weight is 329 g/mol. The van der Waals surface area contributed by atoms with Crippen LogP contribution in [-0.4, -0.2) is 25.6 Å². The lowest BCUT2D eigenvalue weighted by Gasteiger charge is -2.03. The highest BCUT2D eigenvalue weighted by molar-refractivity contribution is 5.91. The van der Waals surface area contributed by atoms with Crippen molar-refractivity contribution < 1.29 is 13.7 Å². The Morgan fingerprint density at radius 1 is 1.38 bits per heavy atom. The van der Waals surface area contributed by atoms with E-state index in [0.717, 1.165) is 0 Å². The Labute approximate surface area is 137 Å². The molecule has 1 N–H and O–H groups in total. The van der Waals surface area contributed by atoms with Gasteiger partial charge in [-0.1, -0.05) is 17.3 Å². The van der Waals surface area contributed by atoms with Crippen LogP contribution in [0.15, 0.2) is 41.3 Å². The Balaban J connectivity index is 1.65. The number of imidazole rings is 1. The van der Waals surface area contributed by atoms with Crippen LogP contribution in [-0.2, 0) is 6.54 Å². The molecule has 0 atom stereocenters. The normalized spacial score (nSPS) is 11.0. The number of benzene rings is 1. The van der Waals surface area contributed by atoms with Crippen LogP contribution in [0.4, 0.5) is 4.39 Å². The fourth-order valence-corrected chi connectivity index (χ4v) is 2.06. The summed E-state index contributed by atoms with van der Waals surface area (Å²) in [7, 11) is 0. The molecule has 0 aliphatic heterocycles. The number of rotatable bonds is 5. The second-order valence-corrected chi connectivity index (χ2v) is 5.48. The minimum absolute atomic E-state index is 0.0608. The van der Waals surface area contributed by atoms with Crippen LogP contribution in [0.3, 0.4) is 0 Å². The molecule has 0 saturated heterocycles. The fourth-order valence-electron chi connectivity index (χ4n) is 2.06. The molecule has 1 aromatic carbocycles. The zero-order chi connectivity index (χ0) is 17.1. The lowest BCUT2D eigenvalue weighted by Crippen LogP contribution is -2.23. The lowest BCUT2D eigenvalue weighted by molar-refractivity contribution is 0.0945. The van der Waals surface area contributed by atoms with Crippen LogP contribution in [0.2, 0.25) is 0 Å². The number of hydrogen-bond donors (Lipinski definition) is 1. The summed E-state index contributed by atoms with van der Waals surface area (Å²) in [5.41, 5.74) is 0.528. The molecule has 0 spiro atoms. The predicted octanol–water partition coefficient (Wildman–Crippen LogP) is 2.58. The Hall–Kier alpha value is -3.03. The van der Waals surface area contributed by atoms with Crippen LogP contribution in [0.1, 0.15) is 36.2 Å². The molecular formula is C16H16FN5O2. The van der Waals surface area contributed by atoms with E-state index < -0.39 is 5.82 Å². The number of halogens is 1. The molecule has 0 unspecified atom stereocenters. The Morgan fingerprint density at radius 2 is 2.17 bits per heavy atom. The first-order valence-corrected chi connectivity index (χ1v) is 7.43. The third kappa shape index (κ3) is 3.32. The highest BCUT2D eigenvalue weighted by Gasteiger charge is 2.15. The van der Waals surface area contributed by atoms with Gasteiger partial charge in [-0.25, -0.2) is 9.37 Å². The van der Waals surface area contributed by atoms with Gasteiger partial charge in [-0.05, 0) is 26.0 Å². The summed E-state index contributed by atoms with van der Waals surface area (Å²) in [4.78, 5) is 20.2. The molecule has 0 bridgehead atoms. The van der Waals surface area contributed by atoms with Gasteiger partial charge in [0, 0.05) is 12.2 Å². The van der Waals surface area contributed by atoms with Crippen LogP contribution in [0.25, 0.3) is 11.5 Å². The molecule has 2 aromatic heterocycles. The maximum absolute atomic E-state index is 13.7. The fraction of sp³-hybridized carbons (Fsp3) is 0.250. The molecule has 7 nitrogen and oxygen atoms in total. The second kappa shape index (κ2) is 6.61. The van der Waals surface area contributed by atoms with Gasteiger partial charge in [-0.15, -0.1) is 0 Å². The molecule has 3 aromatic rings. The number of nitrogens with one attached hydrogen (secondary N) is 1. The average Bonchev–Trinajstić information content (AvgIpc) is 3.22. The smallest absolute Gasteiger partial charge is 0.271 e. The Morgan fingerprint density at radius 3 is 2.88 bits per heavy atom. The highest BCUT2D eigenvalue weighted by Crippen LogP contribution is 2.20. The zero-order valence-corrected chi connectivity index (χ0v) is 13.2. The van der Waals surface area contributed by atoms with Crippen LogP contribution >= 0.6 is 0 Å². The molecule has 2 heterocycles. The molecule has 24 heavy (non-hydrogen) atoms. The van der Waals surface area contributed by atoms with E-state index >= 15 is 0 Å². The summed E-state index contributed by atoms with van der Waals surface area (Å²) in [6, 6.07) is 6.33. The van der Waals surface area contributed by atoms with Gasteiger partial charge in [0.05, 0.1) is 18.4 Å². The Kier molecular flexibility index (Phi) is 4.37. The maximum atomic E-state index is 13.7. The minimum atomic E-state index is -0.448. The molecular weight excluding hydrogens is 313 g/mol. The largest absolute Gasteiger partial charge is 0.343 e. The van der Waals surface area contributed by atoms with Gasteiger partial charge in [0.25, 0.3) is 11.8 Å². The number of carbonyl (C=O) groups is 1. The first kappa shape index (κ1) is 15.9. The van der Waals surface area contributed by atoms with Crippen LogP contribution in [0, 0.1) is 5.82 Å². The monoisotopic (exact) mass is 329 g/mol. The van der Waals surface area contributed by atoms with Gasteiger partial charge < -0.3 is 14.4 Å². The zero-order valence-electron chi connectivity index (χ0n) is 13.2. The number of carbonyl (C=O) groups excluding carboxylic acids is 1. The maximum Gasteiger partial charge on any atom is 0.271 e. The van der Waals surface area contributed by atoms with Gasteiger partial charge in [-0.2, -0.15) is 4.98 Å². The van der Waals surface area contributed by atoms with Crippen molar-refractivity contribution in [3.05, 3.63) is 54.1 Å². The molecule has 0 aliphatic rings. The van der Waals surface area contributed by atoms with Crippen molar-refractivity contribution in [2.24, 2.45) is 0 Å². The van der Waals surface area contributed by atoms with Crippen LogP contribution < -0.4 is 5.32 Å². The van der Waals surface area contributed by atoms with Crippen molar-refractivity contribution in [3.8, 4) is 11.5 Å². The van der Waals surface area contributed by atoms with E-state index in [2.05, 4.69) is 20.4 Å². The summed E-state index contributed by atoms with van der Waals surface area (Å²) >= 11 is 0. The Bertz CT molecular complexity index is 856. The van der Waals surface area contributed by atoms with Crippen molar-refractivity contribution in [1.29, 1.82) is 0 Å². The number of amides is 1. The van der Waals surface area contributed by atoms with E-state index in [1.54, 1.807) is 30.7 Å². The summed E-state index contributed by atoms with van der Waals surface area (Å²) < 4.78 is 20.5. The van der Waals surface area contributed by atoms with Gasteiger partial charge in [-0.3, -0.25) is 4.79 Å². The SMILES string of the molecule is CC(C)n1cnc(C(=O)NCc2noc(-c3ccccc3F)n2)c1.